The number of nitrogens with zero attached hydrogens (tertiary/aromatic N) is 2. The highest BCUT2D eigenvalue weighted by atomic mass is 16.5. The van der Waals surface area contributed by atoms with Crippen LogP contribution in [-0.2, 0) is 16.0 Å². The van der Waals surface area contributed by atoms with E-state index in [-0.39, 0.29) is 5.91 Å². The molecule has 0 fully saturated rings. The molecule has 7 heteroatoms. The lowest BCUT2D eigenvalue weighted by molar-refractivity contribution is -0.146. The number of aromatic nitrogens is 2. The van der Waals surface area contributed by atoms with Crippen LogP contribution in [0.25, 0.3) is 0 Å². The quantitative estimate of drug-likeness (QED) is 0.762. The average molecular weight is 255 g/mol. The number of aryl methyl sites for hydroxylation is 1. The van der Waals surface area contributed by atoms with Crippen molar-refractivity contribution < 1.29 is 19.2 Å². The first-order chi connectivity index (χ1) is 8.41. The number of carboxylic acid groups (broad SMARTS) is 1. The van der Waals surface area contributed by atoms with Crippen LogP contribution >= 0.6 is 0 Å². The van der Waals surface area contributed by atoms with Gasteiger partial charge >= 0.3 is 5.97 Å². The van der Waals surface area contributed by atoms with Gasteiger partial charge in [0.1, 0.15) is 0 Å². The van der Waals surface area contributed by atoms with E-state index in [4.69, 9.17) is 9.63 Å². The van der Waals surface area contributed by atoms with Gasteiger partial charge in [0.05, 0.1) is 5.92 Å². The lowest BCUT2D eigenvalue weighted by Crippen LogP contribution is -2.36. The van der Waals surface area contributed by atoms with E-state index in [1.807, 2.05) is 0 Å². The lowest BCUT2D eigenvalue weighted by atomic mass is 9.95. The first-order valence-electron chi connectivity index (χ1n) is 5.71. The molecule has 0 radical (unpaired) electrons. The van der Waals surface area contributed by atoms with Crippen molar-refractivity contribution in [1.29, 1.82) is 0 Å². The normalized spacial score (nSPS) is 13.9. The fraction of sp³-hybridized carbons (Fsp3) is 0.636. The summed E-state index contributed by atoms with van der Waals surface area (Å²) in [4.78, 5) is 26.4. The molecule has 18 heavy (non-hydrogen) atoms. The van der Waals surface area contributed by atoms with E-state index in [0.29, 0.717) is 24.7 Å². The molecular formula is C11H17N3O4. The van der Waals surface area contributed by atoms with Gasteiger partial charge in [-0.05, 0) is 0 Å². The van der Waals surface area contributed by atoms with Gasteiger partial charge in [0.2, 0.25) is 11.8 Å². The van der Waals surface area contributed by atoms with E-state index in [1.54, 1.807) is 13.8 Å². The highest BCUT2D eigenvalue weighted by Crippen LogP contribution is 2.10. The molecule has 0 bridgehead atoms. The molecule has 0 aromatic carbocycles. The van der Waals surface area contributed by atoms with Crippen LogP contribution in [0.1, 0.15) is 25.6 Å². The smallest absolute Gasteiger partial charge is 0.307 e. The Morgan fingerprint density at radius 1 is 1.39 bits per heavy atom. The second kappa shape index (κ2) is 6.13. The number of hydrogen-bond acceptors (Lipinski definition) is 5. The van der Waals surface area contributed by atoms with E-state index >= 15 is 0 Å². The predicted octanol–water partition coefficient (Wildman–Crippen LogP) is 0.394. The first kappa shape index (κ1) is 14.1. The maximum Gasteiger partial charge on any atom is 0.307 e. The van der Waals surface area contributed by atoms with Crippen LogP contribution in [0.15, 0.2) is 4.52 Å². The zero-order valence-corrected chi connectivity index (χ0v) is 10.6. The van der Waals surface area contributed by atoms with Crippen LogP contribution in [0.3, 0.4) is 0 Å². The van der Waals surface area contributed by atoms with E-state index in [9.17, 15) is 9.59 Å². The minimum atomic E-state index is -0.980. The number of aliphatic carboxylic acids is 1. The van der Waals surface area contributed by atoms with E-state index in [1.165, 1.54) is 6.92 Å². The number of rotatable bonds is 6. The van der Waals surface area contributed by atoms with Crippen LogP contribution in [0.5, 0.6) is 0 Å². The van der Waals surface area contributed by atoms with Crippen molar-refractivity contribution in [3.63, 3.8) is 0 Å². The Bertz CT molecular complexity index is 430. The summed E-state index contributed by atoms with van der Waals surface area (Å²) in [5.41, 5.74) is 0. The lowest BCUT2D eigenvalue weighted by Gasteiger charge is -2.15. The van der Waals surface area contributed by atoms with Crippen molar-refractivity contribution in [2.24, 2.45) is 11.8 Å². The summed E-state index contributed by atoms with van der Waals surface area (Å²) in [6.07, 6.45) is 0.456. The third-order valence-electron chi connectivity index (χ3n) is 2.77. The molecule has 7 nitrogen and oxygen atoms in total. The summed E-state index contributed by atoms with van der Waals surface area (Å²) in [7, 11) is 0. The van der Waals surface area contributed by atoms with Gasteiger partial charge in [-0.15, -0.1) is 0 Å². The van der Waals surface area contributed by atoms with Gasteiger partial charge in [-0.2, -0.15) is 4.98 Å². The molecule has 0 spiro atoms. The maximum atomic E-state index is 11.6. The number of carbonyl (C=O) groups is 2. The van der Waals surface area contributed by atoms with Crippen LogP contribution in [0.4, 0.5) is 0 Å². The van der Waals surface area contributed by atoms with Crippen LogP contribution in [0.2, 0.25) is 0 Å². The molecule has 1 aromatic rings. The molecule has 0 aliphatic heterocycles. The van der Waals surface area contributed by atoms with Crippen LogP contribution in [0, 0.1) is 18.8 Å². The molecule has 1 aromatic heterocycles. The van der Waals surface area contributed by atoms with E-state index < -0.39 is 17.8 Å². The van der Waals surface area contributed by atoms with Crippen molar-refractivity contribution in [2.45, 2.75) is 27.2 Å². The van der Waals surface area contributed by atoms with Gasteiger partial charge in [0, 0.05) is 25.8 Å². The number of nitrogens with one attached hydrogen (secondary N) is 1. The predicted molar refractivity (Wildman–Crippen MR) is 61.7 cm³/mol. The zero-order chi connectivity index (χ0) is 13.7. The summed E-state index contributed by atoms with van der Waals surface area (Å²) >= 11 is 0. The Morgan fingerprint density at radius 3 is 2.56 bits per heavy atom. The van der Waals surface area contributed by atoms with E-state index in [0.717, 1.165) is 0 Å². The Balaban J connectivity index is 2.35. The third-order valence-corrected chi connectivity index (χ3v) is 2.77. The standard InChI is InChI=1S/C11H17N3O4/c1-6(7(2)11(16)17)10(15)12-5-4-9-13-8(3)18-14-9/h6-7H,4-5H2,1-3H3,(H,12,15)(H,16,17). The molecule has 1 heterocycles. The Hall–Kier alpha value is -1.92. The summed E-state index contributed by atoms with van der Waals surface area (Å²) in [6.45, 7) is 5.14. The van der Waals surface area contributed by atoms with Gasteiger partial charge < -0.3 is 14.9 Å². The van der Waals surface area contributed by atoms with Gasteiger partial charge in [-0.25, -0.2) is 0 Å². The van der Waals surface area contributed by atoms with Crippen molar-refractivity contribution in [1.82, 2.24) is 15.5 Å². The molecule has 0 saturated carbocycles. The number of hydrogen-bond donors (Lipinski definition) is 2. The highest BCUT2D eigenvalue weighted by Gasteiger charge is 2.25. The molecule has 100 valence electrons. The Morgan fingerprint density at radius 2 is 2.06 bits per heavy atom. The first-order valence-corrected chi connectivity index (χ1v) is 5.71. The molecular weight excluding hydrogens is 238 g/mol. The molecule has 0 saturated heterocycles. The van der Waals surface area contributed by atoms with Crippen molar-refractivity contribution in [3.8, 4) is 0 Å². The zero-order valence-electron chi connectivity index (χ0n) is 10.6. The molecule has 2 atom stereocenters. The fourth-order valence-corrected chi connectivity index (χ4v) is 1.34. The van der Waals surface area contributed by atoms with Crippen molar-refractivity contribution in [2.75, 3.05) is 6.54 Å². The highest BCUT2D eigenvalue weighted by molar-refractivity contribution is 5.84. The summed E-state index contributed by atoms with van der Waals surface area (Å²) in [5, 5.41) is 15.1. The summed E-state index contributed by atoms with van der Waals surface area (Å²) in [6, 6.07) is 0. The molecule has 0 aliphatic carbocycles. The van der Waals surface area contributed by atoms with Crippen LogP contribution in [-0.4, -0.2) is 33.7 Å². The largest absolute Gasteiger partial charge is 0.481 e. The SMILES string of the molecule is Cc1nc(CCNC(=O)C(C)C(C)C(=O)O)no1. The second-order valence-electron chi connectivity index (χ2n) is 4.19. The number of carbonyl (C=O) groups excluding carboxylic acids is 1. The van der Waals surface area contributed by atoms with Gasteiger partial charge in [-0.1, -0.05) is 19.0 Å². The minimum Gasteiger partial charge on any atom is -0.481 e. The topological polar surface area (TPSA) is 105 Å². The van der Waals surface area contributed by atoms with E-state index in [2.05, 4.69) is 15.5 Å². The Labute approximate surface area is 105 Å². The summed E-state index contributed by atoms with van der Waals surface area (Å²) in [5.74, 6) is -1.56. The van der Waals surface area contributed by atoms with Gasteiger partial charge in [0.25, 0.3) is 0 Å². The summed E-state index contributed by atoms with van der Waals surface area (Å²) < 4.78 is 4.79. The van der Waals surface area contributed by atoms with Gasteiger partial charge in [-0.3, -0.25) is 9.59 Å². The molecule has 1 rings (SSSR count). The average Bonchev–Trinajstić information content (AvgIpc) is 2.72. The molecule has 1 amide bonds. The maximum absolute atomic E-state index is 11.6. The minimum absolute atomic E-state index is 0.287. The van der Waals surface area contributed by atoms with Crippen molar-refractivity contribution >= 4 is 11.9 Å². The number of carboxylic acids is 1. The molecule has 0 aliphatic rings. The number of amides is 1. The monoisotopic (exact) mass is 255 g/mol. The third kappa shape index (κ3) is 3.83. The van der Waals surface area contributed by atoms with Crippen molar-refractivity contribution in [3.05, 3.63) is 11.7 Å². The molecule has 2 unspecified atom stereocenters. The van der Waals surface area contributed by atoms with Gasteiger partial charge in [0.15, 0.2) is 5.82 Å². The second-order valence-corrected chi connectivity index (χ2v) is 4.19. The fourth-order valence-electron chi connectivity index (χ4n) is 1.34. The van der Waals surface area contributed by atoms with Crippen LogP contribution < -0.4 is 5.32 Å². The molecule has 2 N–H and O–H groups in total. The Kier molecular flexibility index (Phi) is 4.82.